The Hall–Kier alpha value is -0.950. The highest BCUT2D eigenvalue weighted by Crippen LogP contribution is 2.29. The summed E-state index contributed by atoms with van der Waals surface area (Å²) < 4.78 is 37.0. The summed E-state index contributed by atoms with van der Waals surface area (Å²) in [6.07, 6.45) is 3.60. The predicted octanol–water partition coefficient (Wildman–Crippen LogP) is 2.51. The average molecular weight is 363 g/mol. The third kappa shape index (κ3) is 5.02. The summed E-state index contributed by atoms with van der Waals surface area (Å²) in [7, 11) is 0. The number of halogens is 3. The quantitative estimate of drug-likeness (QED) is 0.763. The van der Waals surface area contributed by atoms with Crippen molar-refractivity contribution in [1.29, 1.82) is 0 Å². The minimum Gasteiger partial charge on any atom is -0.492 e. The first-order valence-corrected chi connectivity index (χ1v) is 8.36. The maximum atomic E-state index is 13.1. The van der Waals surface area contributed by atoms with Gasteiger partial charge in [0.25, 0.3) is 0 Å². The number of benzene rings is 1. The minimum atomic E-state index is -0.880. The molecule has 0 spiro atoms. The van der Waals surface area contributed by atoms with E-state index >= 15 is 0 Å². The van der Waals surface area contributed by atoms with Crippen molar-refractivity contribution in [3.05, 3.63) is 29.8 Å². The molecule has 0 bridgehead atoms. The molecule has 1 saturated heterocycles. The van der Waals surface area contributed by atoms with Crippen molar-refractivity contribution in [3.63, 3.8) is 0 Å². The van der Waals surface area contributed by atoms with Gasteiger partial charge in [-0.2, -0.15) is 0 Å². The van der Waals surface area contributed by atoms with Crippen LogP contribution in [0.25, 0.3) is 0 Å². The normalized spacial score (nSPS) is 26.8. The summed E-state index contributed by atoms with van der Waals surface area (Å²) >= 11 is 0. The highest BCUT2D eigenvalue weighted by molar-refractivity contribution is 5.85. The van der Waals surface area contributed by atoms with Crippen LogP contribution < -0.4 is 15.4 Å². The molecule has 3 unspecified atom stereocenters. The van der Waals surface area contributed by atoms with Gasteiger partial charge in [-0.3, -0.25) is 0 Å². The van der Waals surface area contributed by atoms with Crippen LogP contribution in [0.4, 0.5) is 8.78 Å². The Kier molecular flexibility index (Phi) is 7.68. The van der Waals surface area contributed by atoms with Gasteiger partial charge in [0.2, 0.25) is 0 Å². The van der Waals surface area contributed by atoms with Gasteiger partial charge in [-0.1, -0.05) is 6.42 Å². The molecule has 2 fully saturated rings. The van der Waals surface area contributed by atoms with Crippen LogP contribution in [0.5, 0.6) is 5.75 Å². The smallest absolute Gasteiger partial charge is 0.162 e. The molecule has 1 heterocycles. The van der Waals surface area contributed by atoms with Gasteiger partial charge in [-0.15, -0.1) is 12.4 Å². The van der Waals surface area contributed by atoms with Crippen molar-refractivity contribution in [2.24, 2.45) is 5.92 Å². The van der Waals surface area contributed by atoms with Gasteiger partial charge in [0.05, 0.1) is 13.2 Å². The molecule has 4 nitrogen and oxygen atoms in total. The van der Waals surface area contributed by atoms with E-state index in [9.17, 15) is 8.78 Å². The van der Waals surface area contributed by atoms with Crippen LogP contribution >= 0.6 is 12.4 Å². The van der Waals surface area contributed by atoms with E-state index in [1.54, 1.807) is 0 Å². The first kappa shape index (κ1) is 19.4. The lowest BCUT2D eigenvalue weighted by molar-refractivity contribution is 0.0523. The van der Waals surface area contributed by atoms with Crippen LogP contribution in [0.1, 0.15) is 19.3 Å². The lowest BCUT2D eigenvalue weighted by atomic mass is 9.94. The van der Waals surface area contributed by atoms with Crippen LogP contribution in [0.3, 0.4) is 0 Å². The summed E-state index contributed by atoms with van der Waals surface area (Å²) in [5.74, 6) is -0.796. The fourth-order valence-corrected chi connectivity index (χ4v) is 3.56. The zero-order valence-electron chi connectivity index (χ0n) is 13.6. The van der Waals surface area contributed by atoms with Crippen LogP contribution in [0.15, 0.2) is 18.2 Å². The van der Waals surface area contributed by atoms with Crippen LogP contribution in [0.2, 0.25) is 0 Å². The van der Waals surface area contributed by atoms with Crippen LogP contribution in [0, 0.1) is 17.6 Å². The molecule has 2 aliphatic rings. The summed E-state index contributed by atoms with van der Waals surface area (Å²) in [5.41, 5.74) is 0. The zero-order chi connectivity index (χ0) is 16.1. The van der Waals surface area contributed by atoms with E-state index in [4.69, 9.17) is 9.47 Å². The molecule has 7 heteroatoms. The molecule has 1 saturated carbocycles. The lowest BCUT2D eigenvalue weighted by Gasteiger charge is -2.33. The number of nitrogens with one attached hydrogen (secondary N) is 2. The molecule has 0 radical (unpaired) electrons. The molecule has 24 heavy (non-hydrogen) atoms. The van der Waals surface area contributed by atoms with Gasteiger partial charge in [-0.05, 0) is 30.9 Å². The van der Waals surface area contributed by atoms with E-state index in [-0.39, 0.29) is 12.4 Å². The Labute approximate surface area is 147 Å². The van der Waals surface area contributed by atoms with Gasteiger partial charge in [0.1, 0.15) is 12.4 Å². The lowest BCUT2D eigenvalue weighted by Crippen LogP contribution is -2.51. The fraction of sp³-hybridized carbons (Fsp3) is 0.647. The Morgan fingerprint density at radius 3 is 2.88 bits per heavy atom. The van der Waals surface area contributed by atoms with Gasteiger partial charge >= 0.3 is 0 Å². The molecule has 1 aromatic carbocycles. The van der Waals surface area contributed by atoms with E-state index in [0.717, 1.165) is 38.3 Å². The van der Waals surface area contributed by atoms with Crippen LogP contribution in [-0.4, -0.2) is 45.0 Å². The van der Waals surface area contributed by atoms with E-state index < -0.39 is 11.6 Å². The molecule has 1 aromatic rings. The van der Waals surface area contributed by atoms with Crippen molar-refractivity contribution in [2.45, 2.75) is 31.3 Å². The molecule has 1 aliphatic heterocycles. The monoisotopic (exact) mass is 362 g/mol. The fourth-order valence-electron chi connectivity index (χ4n) is 3.56. The van der Waals surface area contributed by atoms with E-state index in [2.05, 4.69) is 10.6 Å². The van der Waals surface area contributed by atoms with Crippen LogP contribution in [-0.2, 0) is 4.74 Å². The molecule has 3 rings (SSSR count). The zero-order valence-corrected chi connectivity index (χ0v) is 14.4. The first-order chi connectivity index (χ1) is 11.2. The first-order valence-electron chi connectivity index (χ1n) is 8.36. The van der Waals surface area contributed by atoms with Gasteiger partial charge < -0.3 is 20.1 Å². The Morgan fingerprint density at radius 1 is 1.25 bits per heavy atom. The highest BCUT2D eigenvalue weighted by atomic mass is 35.5. The second-order valence-electron chi connectivity index (χ2n) is 6.22. The summed E-state index contributed by atoms with van der Waals surface area (Å²) in [5, 5.41) is 7.08. The van der Waals surface area contributed by atoms with E-state index in [1.165, 1.54) is 18.9 Å². The second kappa shape index (κ2) is 9.51. The molecule has 3 atom stereocenters. The molecule has 136 valence electrons. The van der Waals surface area contributed by atoms with Gasteiger partial charge in [0.15, 0.2) is 11.6 Å². The summed E-state index contributed by atoms with van der Waals surface area (Å²) in [6, 6.07) is 4.50. The summed E-state index contributed by atoms with van der Waals surface area (Å²) in [4.78, 5) is 0. The molecule has 1 aliphatic carbocycles. The van der Waals surface area contributed by atoms with Crippen molar-refractivity contribution >= 4 is 12.4 Å². The van der Waals surface area contributed by atoms with Crippen molar-refractivity contribution in [2.75, 3.05) is 32.9 Å². The standard InChI is InChI=1S/C17H24F2N2O2.ClH/c18-14-5-4-12(10-15(14)19)23-9-7-20-16-3-1-2-13(16)17-11-22-8-6-21-17;/h4-5,10,13,16-17,20-21H,1-3,6-9,11H2;1H. The molecule has 0 aromatic heterocycles. The third-order valence-corrected chi connectivity index (χ3v) is 4.70. The third-order valence-electron chi connectivity index (χ3n) is 4.70. The topological polar surface area (TPSA) is 42.5 Å². The number of morpholine rings is 1. The highest BCUT2D eigenvalue weighted by Gasteiger charge is 2.34. The summed E-state index contributed by atoms with van der Waals surface area (Å²) in [6.45, 7) is 3.63. The van der Waals surface area contributed by atoms with E-state index in [0.29, 0.717) is 36.9 Å². The molecular formula is C17H25ClF2N2O2. The number of hydrogen-bond acceptors (Lipinski definition) is 4. The van der Waals surface area contributed by atoms with Gasteiger partial charge in [0, 0.05) is 31.2 Å². The maximum Gasteiger partial charge on any atom is 0.162 e. The Balaban J connectivity index is 0.00000208. The van der Waals surface area contributed by atoms with Crippen molar-refractivity contribution < 1.29 is 18.3 Å². The van der Waals surface area contributed by atoms with Gasteiger partial charge in [-0.25, -0.2) is 8.78 Å². The number of ether oxygens (including phenoxy) is 2. The van der Waals surface area contributed by atoms with E-state index in [1.807, 2.05) is 0 Å². The van der Waals surface area contributed by atoms with Crippen molar-refractivity contribution in [3.8, 4) is 5.75 Å². The molecule has 2 N–H and O–H groups in total. The number of hydrogen-bond donors (Lipinski definition) is 2. The number of rotatable bonds is 6. The van der Waals surface area contributed by atoms with Crippen molar-refractivity contribution in [1.82, 2.24) is 10.6 Å². The Morgan fingerprint density at radius 2 is 2.12 bits per heavy atom. The SMILES string of the molecule is Cl.Fc1ccc(OCCNC2CCCC2C2COCCN2)cc1F. The largest absolute Gasteiger partial charge is 0.492 e. The minimum absolute atomic E-state index is 0. The molecular weight excluding hydrogens is 338 g/mol. The average Bonchev–Trinajstić information content (AvgIpc) is 3.04. The predicted molar refractivity (Wildman–Crippen MR) is 90.8 cm³/mol. The second-order valence-corrected chi connectivity index (χ2v) is 6.22. The maximum absolute atomic E-state index is 13.1. The Bertz CT molecular complexity index is 515. The molecule has 0 amide bonds.